The van der Waals surface area contributed by atoms with Gasteiger partial charge in [0, 0.05) is 33.7 Å². The van der Waals surface area contributed by atoms with Crippen molar-refractivity contribution in [2.75, 3.05) is 38.6 Å². The van der Waals surface area contributed by atoms with E-state index in [1.165, 1.54) is 11.3 Å². The fourth-order valence-electron chi connectivity index (χ4n) is 1.74. The number of carbonyl (C=O) groups is 1. The lowest BCUT2D eigenvalue weighted by molar-refractivity contribution is -0.130. The molecule has 0 aliphatic carbocycles. The standard InChI is InChI=1S/C9H15N5OS/c1-13(2)8(15)7-5-10-3-4-14(7)9-12-11-6-16-9/h6-7,10H,3-5H2,1-2H3. The number of nitrogens with zero attached hydrogens (tertiary/aromatic N) is 4. The van der Waals surface area contributed by atoms with Gasteiger partial charge in [-0.25, -0.2) is 0 Å². The summed E-state index contributed by atoms with van der Waals surface area (Å²) < 4.78 is 0. The van der Waals surface area contributed by atoms with Crippen LogP contribution in [0.2, 0.25) is 0 Å². The molecule has 6 nitrogen and oxygen atoms in total. The van der Waals surface area contributed by atoms with E-state index < -0.39 is 0 Å². The fraction of sp³-hybridized carbons (Fsp3) is 0.667. The van der Waals surface area contributed by atoms with Gasteiger partial charge in [0.1, 0.15) is 11.6 Å². The molecule has 1 saturated heterocycles. The molecule has 1 aromatic heterocycles. The van der Waals surface area contributed by atoms with Crippen molar-refractivity contribution in [2.24, 2.45) is 0 Å². The molecule has 0 spiro atoms. The predicted octanol–water partition coefficient (Wildman–Crippen LogP) is -0.595. The van der Waals surface area contributed by atoms with Gasteiger partial charge in [0.05, 0.1) is 0 Å². The Labute approximate surface area is 98.3 Å². The summed E-state index contributed by atoms with van der Waals surface area (Å²) in [7, 11) is 3.55. The van der Waals surface area contributed by atoms with Crippen LogP contribution >= 0.6 is 11.3 Å². The van der Waals surface area contributed by atoms with E-state index in [9.17, 15) is 4.79 Å². The number of piperazine rings is 1. The third kappa shape index (κ3) is 2.14. The zero-order valence-corrected chi connectivity index (χ0v) is 10.2. The molecule has 1 amide bonds. The summed E-state index contributed by atoms with van der Waals surface area (Å²) in [5, 5.41) is 11.9. The van der Waals surface area contributed by atoms with Crippen LogP contribution in [0.15, 0.2) is 5.51 Å². The Kier molecular flexibility index (Phi) is 3.35. The molecule has 1 atom stereocenters. The minimum absolute atomic E-state index is 0.0994. The van der Waals surface area contributed by atoms with Crippen LogP contribution in [0, 0.1) is 0 Å². The highest BCUT2D eigenvalue weighted by molar-refractivity contribution is 7.13. The summed E-state index contributed by atoms with van der Waals surface area (Å²) in [6.45, 7) is 2.33. The first-order valence-electron chi connectivity index (χ1n) is 5.15. The van der Waals surface area contributed by atoms with Crippen LogP contribution in [0.4, 0.5) is 5.13 Å². The molecule has 16 heavy (non-hydrogen) atoms. The van der Waals surface area contributed by atoms with Crippen molar-refractivity contribution in [3.05, 3.63) is 5.51 Å². The van der Waals surface area contributed by atoms with E-state index in [0.717, 1.165) is 18.2 Å². The lowest BCUT2D eigenvalue weighted by atomic mass is 10.2. The molecule has 1 unspecified atom stereocenters. The number of aromatic nitrogens is 2. The summed E-state index contributed by atoms with van der Waals surface area (Å²) in [6, 6.07) is -0.170. The van der Waals surface area contributed by atoms with E-state index in [1.54, 1.807) is 24.5 Å². The minimum Gasteiger partial charge on any atom is -0.347 e. The second kappa shape index (κ2) is 4.75. The molecule has 7 heteroatoms. The number of carbonyl (C=O) groups excluding carboxylic acids is 1. The third-order valence-electron chi connectivity index (χ3n) is 2.56. The molecule has 88 valence electrons. The number of hydrogen-bond acceptors (Lipinski definition) is 6. The first-order valence-corrected chi connectivity index (χ1v) is 6.03. The highest BCUT2D eigenvalue weighted by atomic mass is 32.1. The van der Waals surface area contributed by atoms with Crippen LogP contribution in [0.3, 0.4) is 0 Å². The maximum atomic E-state index is 12.0. The predicted molar refractivity (Wildman–Crippen MR) is 62.6 cm³/mol. The zero-order chi connectivity index (χ0) is 11.5. The first-order chi connectivity index (χ1) is 7.70. The maximum absolute atomic E-state index is 12.0. The lowest BCUT2D eigenvalue weighted by Gasteiger charge is -2.35. The second-order valence-electron chi connectivity index (χ2n) is 3.87. The molecule has 1 N–H and O–H groups in total. The van der Waals surface area contributed by atoms with Crippen LogP contribution < -0.4 is 10.2 Å². The van der Waals surface area contributed by atoms with Crippen LogP contribution in [0.5, 0.6) is 0 Å². The molecule has 0 aromatic carbocycles. The summed E-state index contributed by atoms with van der Waals surface area (Å²) in [4.78, 5) is 15.6. The Balaban J connectivity index is 2.17. The Morgan fingerprint density at radius 2 is 2.50 bits per heavy atom. The van der Waals surface area contributed by atoms with E-state index in [4.69, 9.17) is 0 Å². The Morgan fingerprint density at radius 3 is 3.12 bits per heavy atom. The number of amides is 1. The third-order valence-corrected chi connectivity index (χ3v) is 3.29. The normalized spacial score (nSPS) is 20.9. The van der Waals surface area contributed by atoms with Crippen molar-refractivity contribution in [1.82, 2.24) is 20.4 Å². The van der Waals surface area contributed by atoms with Crippen LogP contribution in [0.1, 0.15) is 0 Å². The van der Waals surface area contributed by atoms with Crippen LogP contribution in [-0.2, 0) is 4.79 Å². The van der Waals surface area contributed by atoms with Crippen molar-refractivity contribution in [2.45, 2.75) is 6.04 Å². The first kappa shape index (κ1) is 11.3. The number of anilines is 1. The van der Waals surface area contributed by atoms with Crippen LogP contribution in [0.25, 0.3) is 0 Å². The minimum atomic E-state index is -0.170. The SMILES string of the molecule is CN(C)C(=O)C1CNCCN1c1nncs1. The molecule has 1 aromatic rings. The topological polar surface area (TPSA) is 61.4 Å². The van der Waals surface area contributed by atoms with Gasteiger partial charge in [0.25, 0.3) is 0 Å². The average Bonchev–Trinajstić information content (AvgIpc) is 2.81. The van der Waals surface area contributed by atoms with E-state index in [1.807, 2.05) is 4.90 Å². The quantitative estimate of drug-likeness (QED) is 0.749. The van der Waals surface area contributed by atoms with Crippen molar-refractivity contribution in [1.29, 1.82) is 0 Å². The monoisotopic (exact) mass is 241 g/mol. The zero-order valence-electron chi connectivity index (χ0n) is 9.38. The Morgan fingerprint density at radius 1 is 1.69 bits per heavy atom. The van der Waals surface area contributed by atoms with Crippen molar-refractivity contribution >= 4 is 22.4 Å². The van der Waals surface area contributed by atoms with E-state index >= 15 is 0 Å². The second-order valence-corrected chi connectivity index (χ2v) is 4.68. The highest BCUT2D eigenvalue weighted by Crippen LogP contribution is 2.20. The molecular formula is C9H15N5OS. The van der Waals surface area contributed by atoms with Crippen molar-refractivity contribution in [3.63, 3.8) is 0 Å². The lowest BCUT2D eigenvalue weighted by Crippen LogP contribution is -2.57. The molecule has 2 heterocycles. The van der Waals surface area contributed by atoms with E-state index in [0.29, 0.717) is 6.54 Å². The van der Waals surface area contributed by atoms with Crippen molar-refractivity contribution < 1.29 is 4.79 Å². The van der Waals surface area contributed by atoms with Gasteiger partial charge in [0.2, 0.25) is 11.0 Å². The molecule has 0 saturated carbocycles. The van der Waals surface area contributed by atoms with E-state index in [-0.39, 0.29) is 11.9 Å². The number of hydrogen-bond donors (Lipinski definition) is 1. The molecule has 1 fully saturated rings. The van der Waals surface area contributed by atoms with E-state index in [2.05, 4.69) is 15.5 Å². The largest absolute Gasteiger partial charge is 0.347 e. The molecule has 0 radical (unpaired) electrons. The molecular weight excluding hydrogens is 226 g/mol. The summed E-state index contributed by atoms with van der Waals surface area (Å²) >= 11 is 1.47. The van der Waals surface area contributed by atoms with Gasteiger partial charge in [-0.2, -0.15) is 0 Å². The van der Waals surface area contributed by atoms with Gasteiger partial charge < -0.3 is 15.1 Å². The Hall–Kier alpha value is -1.21. The van der Waals surface area contributed by atoms with Gasteiger partial charge in [-0.3, -0.25) is 4.79 Å². The molecule has 1 aliphatic rings. The van der Waals surface area contributed by atoms with Gasteiger partial charge >= 0.3 is 0 Å². The molecule has 1 aliphatic heterocycles. The van der Waals surface area contributed by atoms with Gasteiger partial charge in [-0.05, 0) is 0 Å². The summed E-state index contributed by atoms with van der Waals surface area (Å²) in [6.07, 6.45) is 0. The molecule has 2 rings (SSSR count). The number of rotatable bonds is 2. The van der Waals surface area contributed by atoms with Gasteiger partial charge in [0.15, 0.2) is 0 Å². The van der Waals surface area contributed by atoms with Gasteiger partial charge in [-0.1, -0.05) is 11.3 Å². The number of nitrogens with one attached hydrogen (secondary N) is 1. The fourth-order valence-corrected chi connectivity index (χ4v) is 2.38. The summed E-state index contributed by atoms with van der Waals surface area (Å²) in [5.74, 6) is 0.0994. The molecule has 0 bridgehead atoms. The highest BCUT2D eigenvalue weighted by Gasteiger charge is 2.31. The van der Waals surface area contributed by atoms with Crippen molar-refractivity contribution in [3.8, 4) is 0 Å². The van der Waals surface area contributed by atoms with Gasteiger partial charge in [-0.15, -0.1) is 10.2 Å². The average molecular weight is 241 g/mol. The Bertz CT molecular complexity index is 353. The smallest absolute Gasteiger partial charge is 0.246 e. The maximum Gasteiger partial charge on any atom is 0.246 e. The summed E-state index contributed by atoms with van der Waals surface area (Å²) in [5.41, 5.74) is 1.69. The van der Waals surface area contributed by atoms with Crippen LogP contribution in [-0.4, -0.2) is 60.8 Å². The number of likely N-dealkylation sites (N-methyl/N-ethyl adjacent to an activating group) is 1.